The number of benzene rings is 8. The van der Waals surface area contributed by atoms with Crippen LogP contribution in [0.3, 0.4) is 0 Å². The Morgan fingerprint density at radius 3 is 1.21 bits per heavy atom. The number of fused-ring (bicyclic) bond motifs is 2. The molecule has 0 radical (unpaired) electrons. The van der Waals surface area contributed by atoms with Gasteiger partial charge in [0.25, 0.3) is 0 Å². The van der Waals surface area contributed by atoms with Crippen LogP contribution >= 0.6 is 69.6 Å². The van der Waals surface area contributed by atoms with Crippen LogP contribution in [0.2, 0.25) is 30.1 Å². The first kappa shape index (κ1) is 53.5. The minimum absolute atomic E-state index is 0.0530. The summed E-state index contributed by atoms with van der Waals surface area (Å²) in [6, 6.07) is 50.0. The van der Waals surface area contributed by atoms with Crippen molar-refractivity contribution in [2.24, 2.45) is 0 Å². The maximum Gasteiger partial charge on any atom is 0.227 e. The predicted octanol–water partition coefficient (Wildman–Crippen LogP) is 21.2. The first-order valence-corrected chi connectivity index (χ1v) is 25.9. The molecular formula is C62H54Cl6N2O3. The Balaban J connectivity index is 0.000000149. The van der Waals surface area contributed by atoms with Crippen LogP contribution in [0.4, 0.5) is 0 Å². The molecule has 2 aromatic heterocycles. The number of aromatic hydroxyl groups is 1. The van der Waals surface area contributed by atoms with Crippen LogP contribution in [0.25, 0.3) is 78.5 Å². The van der Waals surface area contributed by atoms with Gasteiger partial charge < -0.3 is 13.9 Å². The lowest BCUT2D eigenvalue weighted by atomic mass is 9.84. The van der Waals surface area contributed by atoms with Crippen molar-refractivity contribution in [3.05, 3.63) is 205 Å². The van der Waals surface area contributed by atoms with Gasteiger partial charge in [-0.25, -0.2) is 9.97 Å². The van der Waals surface area contributed by atoms with E-state index in [0.717, 1.165) is 77.8 Å². The normalized spacial score (nSPS) is 11.8. The lowest BCUT2D eigenvalue weighted by molar-refractivity contribution is 0.471. The molecule has 0 saturated heterocycles. The number of oxazole rings is 2. The summed E-state index contributed by atoms with van der Waals surface area (Å²) in [5, 5.41) is 13.5. The summed E-state index contributed by atoms with van der Waals surface area (Å²) in [5.41, 5.74) is 13.0. The van der Waals surface area contributed by atoms with Crippen molar-refractivity contribution in [1.82, 2.24) is 9.97 Å². The third kappa shape index (κ3) is 12.1. The van der Waals surface area contributed by atoms with Crippen LogP contribution in [0.15, 0.2) is 167 Å². The molecule has 11 heteroatoms. The molecule has 372 valence electrons. The molecule has 0 aliphatic heterocycles. The molecule has 10 rings (SSSR count). The van der Waals surface area contributed by atoms with Gasteiger partial charge in [-0.1, -0.05) is 193 Å². The highest BCUT2D eigenvalue weighted by Gasteiger charge is 2.26. The van der Waals surface area contributed by atoms with Crippen LogP contribution in [0, 0.1) is 0 Å². The molecule has 0 aliphatic carbocycles. The lowest BCUT2D eigenvalue weighted by Crippen LogP contribution is -2.11. The fraction of sp³-hybridized carbons (Fsp3) is 0.194. The number of hydrogen-bond donors (Lipinski definition) is 1. The van der Waals surface area contributed by atoms with Gasteiger partial charge in [0.15, 0.2) is 11.2 Å². The standard InChI is InChI=1S/2C23H19Cl2NO.C16H16Cl2O/c1-23(2,3)15-12-16(20-17(24)10-7-11-18(20)25)21-19(13-15)26-22(27-21)14-8-5-4-6-9-14;1-23(2,3)16-12-15(20-17(24)10-7-11-18(20)25)13-19-21(16)27-22(26-19)14-8-5-4-6-9-14;1-16(2,3)11-7-10(8-12(19)9-11)15-13(17)5-4-6-14(15)18/h2*4-13H,1-3H3;4-9,19H,1-3H3. The number of phenolic OH excluding ortho intramolecular Hbond substituents is 1. The summed E-state index contributed by atoms with van der Waals surface area (Å²) >= 11 is 38.4. The Labute approximate surface area is 457 Å². The van der Waals surface area contributed by atoms with Crippen molar-refractivity contribution in [1.29, 1.82) is 0 Å². The van der Waals surface area contributed by atoms with Gasteiger partial charge in [0.05, 0.1) is 10.0 Å². The highest BCUT2D eigenvalue weighted by molar-refractivity contribution is 6.40. The minimum atomic E-state index is -0.129. The Bertz CT molecular complexity index is 3540. The maximum absolute atomic E-state index is 9.91. The van der Waals surface area contributed by atoms with Crippen LogP contribution in [-0.2, 0) is 16.2 Å². The Morgan fingerprint density at radius 1 is 0.370 bits per heavy atom. The first-order valence-electron chi connectivity index (χ1n) is 23.7. The van der Waals surface area contributed by atoms with Crippen molar-refractivity contribution in [2.75, 3.05) is 0 Å². The van der Waals surface area contributed by atoms with E-state index >= 15 is 0 Å². The van der Waals surface area contributed by atoms with Crippen LogP contribution < -0.4 is 0 Å². The average Bonchev–Trinajstić information content (AvgIpc) is 3.97. The summed E-state index contributed by atoms with van der Waals surface area (Å²) in [7, 11) is 0. The Kier molecular flexibility index (Phi) is 15.8. The molecule has 0 unspecified atom stereocenters. The number of hydrogen-bond acceptors (Lipinski definition) is 5. The van der Waals surface area contributed by atoms with Gasteiger partial charge in [0.2, 0.25) is 11.8 Å². The van der Waals surface area contributed by atoms with Gasteiger partial charge >= 0.3 is 0 Å². The summed E-state index contributed by atoms with van der Waals surface area (Å²) in [5.74, 6) is 1.41. The third-order valence-electron chi connectivity index (χ3n) is 12.2. The van der Waals surface area contributed by atoms with Crippen molar-refractivity contribution < 1.29 is 13.9 Å². The van der Waals surface area contributed by atoms with E-state index in [1.54, 1.807) is 24.3 Å². The number of aromatic nitrogens is 2. The van der Waals surface area contributed by atoms with Gasteiger partial charge in [0, 0.05) is 59.0 Å². The zero-order chi connectivity index (χ0) is 52.6. The number of halogens is 6. The van der Waals surface area contributed by atoms with Gasteiger partial charge in [0.1, 0.15) is 16.8 Å². The first-order chi connectivity index (χ1) is 34.5. The molecule has 8 aromatic carbocycles. The van der Waals surface area contributed by atoms with Gasteiger partial charge in [-0.15, -0.1) is 0 Å². The summed E-state index contributed by atoms with van der Waals surface area (Å²) in [6.45, 7) is 19.3. The molecule has 10 aromatic rings. The second-order valence-corrected chi connectivity index (χ2v) is 23.3. The summed E-state index contributed by atoms with van der Waals surface area (Å²) < 4.78 is 12.4. The lowest BCUT2D eigenvalue weighted by Gasteiger charge is -2.21. The maximum atomic E-state index is 9.91. The van der Waals surface area contributed by atoms with Crippen molar-refractivity contribution >= 4 is 91.8 Å². The smallest absolute Gasteiger partial charge is 0.227 e. The number of nitrogens with zero attached hydrogens (tertiary/aromatic N) is 2. The second-order valence-electron chi connectivity index (χ2n) is 20.8. The predicted molar refractivity (Wildman–Crippen MR) is 309 cm³/mol. The van der Waals surface area contributed by atoms with Crippen molar-refractivity contribution in [3.63, 3.8) is 0 Å². The Morgan fingerprint density at radius 2 is 0.767 bits per heavy atom. The minimum Gasteiger partial charge on any atom is -0.508 e. The van der Waals surface area contributed by atoms with Gasteiger partial charge in [-0.2, -0.15) is 0 Å². The quantitative estimate of drug-likeness (QED) is 0.186. The number of phenols is 1. The molecule has 73 heavy (non-hydrogen) atoms. The molecular weight excluding hydrogens is 1030 g/mol. The molecule has 0 amide bonds. The molecule has 0 atom stereocenters. The second kappa shape index (κ2) is 21.6. The monoisotopic (exact) mass is 1080 g/mol. The van der Waals surface area contributed by atoms with Gasteiger partial charge in [-0.3, -0.25) is 0 Å². The summed E-state index contributed by atoms with van der Waals surface area (Å²) in [6.07, 6.45) is 0. The number of rotatable bonds is 5. The van der Waals surface area contributed by atoms with E-state index in [2.05, 4.69) is 80.5 Å². The third-order valence-corrected chi connectivity index (χ3v) is 14.1. The molecule has 2 heterocycles. The largest absolute Gasteiger partial charge is 0.508 e. The van der Waals surface area contributed by atoms with E-state index in [0.29, 0.717) is 47.5 Å². The zero-order valence-electron chi connectivity index (χ0n) is 41.9. The SMILES string of the molecule is CC(C)(C)c1cc(-c2c(Cl)cccc2Cl)c2oc(-c3ccccc3)nc2c1.CC(C)(C)c1cc(-c2c(Cl)cccc2Cl)cc2nc(-c3ccccc3)oc12.CC(C)(C)c1cc(O)cc(-c2c(Cl)cccc2Cl)c1. The zero-order valence-corrected chi connectivity index (χ0v) is 46.5. The van der Waals surface area contributed by atoms with Crippen LogP contribution in [0.5, 0.6) is 5.75 Å². The highest BCUT2D eigenvalue weighted by atomic mass is 35.5. The summed E-state index contributed by atoms with van der Waals surface area (Å²) in [4.78, 5) is 9.50. The Hall–Kier alpha value is -5.76. The van der Waals surface area contributed by atoms with E-state index in [1.807, 2.05) is 115 Å². The average molecular weight is 1090 g/mol. The molecule has 0 fully saturated rings. The fourth-order valence-corrected chi connectivity index (χ4v) is 10.1. The topological polar surface area (TPSA) is 72.3 Å². The molecule has 0 saturated carbocycles. The molecule has 5 nitrogen and oxygen atoms in total. The van der Waals surface area contributed by atoms with Crippen molar-refractivity contribution in [2.45, 2.75) is 78.6 Å². The van der Waals surface area contributed by atoms with Crippen LogP contribution in [-0.4, -0.2) is 15.1 Å². The molecule has 0 bridgehead atoms. The van der Waals surface area contributed by atoms with E-state index in [-0.39, 0.29) is 22.0 Å². The van der Waals surface area contributed by atoms with E-state index < -0.39 is 0 Å². The molecule has 0 spiro atoms. The van der Waals surface area contributed by atoms with E-state index in [1.165, 1.54) is 0 Å². The van der Waals surface area contributed by atoms with E-state index in [9.17, 15) is 5.11 Å². The van der Waals surface area contributed by atoms with Crippen molar-refractivity contribution in [3.8, 4) is 62.0 Å². The highest BCUT2D eigenvalue weighted by Crippen LogP contribution is 2.44. The van der Waals surface area contributed by atoms with Crippen LogP contribution in [0.1, 0.15) is 79.0 Å². The fourth-order valence-electron chi connectivity index (χ4n) is 8.28. The van der Waals surface area contributed by atoms with E-state index in [4.69, 9.17) is 88.4 Å². The molecule has 1 N–H and O–H groups in total. The molecule has 0 aliphatic rings. The van der Waals surface area contributed by atoms with Gasteiger partial charge in [-0.05, 0) is 136 Å².